The van der Waals surface area contributed by atoms with Crippen molar-refractivity contribution in [2.24, 2.45) is 11.3 Å². The highest BCUT2D eigenvalue weighted by molar-refractivity contribution is 7.19. The van der Waals surface area contributed by atoms with E-state index in [4.69, 9.17) is 15.8 Å². The van der Waals surface area contributed by atoms with Crippen LogP contribution in [0, 0.1) is 11.3 Å². The molecule has 16 heavy (non-hydrogen) atoms. The van der Waals surface area contributed by atoms with Gasteiger partial charge in [0.05, 0.1) is 6.61 Å². The van der Waals surface area contributed by atoms with Gasteiger partial charge in [0.2, 0.25) is 0 Å². The zero-order chi connectivity index (χ0) is 12.8. The molecule has 1 nitrogen and oxygen atoms in total. The molecular formula is C13H29ClOSi. The number of ether oxygens (including phenoxy) is 1. The normalized spacial score (nSPS) is 13.5. The van der Waals surface area contributed by atoms with Gasteiger partial charge in [0.1, 0.15) is 0 Å². The van der Waals surface area contributed by atoms with Crippen LogP contribution in [0.4, 0.5) is 0 Å². The van der Waals surface area contributed by atoms with Gasteiger partial charge < -0.3 is 4.74 Å². The summed E-state index contributed by atoms with van der Waals surface area (Å²) >= 11 is 6.25. The molecule has 0 saturated carbocycles. The van der Waals surface area contributed by atoms with Crippen molar-refractivity contribution in [2.45, 2.75) is 59.7 Å². The largest absolute Gasteiger partial charge is 0.381 e. The van der Waals surface area contributed by atoms with E-state index in [1.54, 1.807) is 0 Å². The molecule has 0 saturated heterocycles. The first-order chi connectivity index (χ1) is 7.12. The lowest BCUT2D eigenvalue weighted by molar-refractivity contribution is 0.0516. The molecule has 0 fully saturated rings. The smallest absolute Gasteiger partial charge is 0.150 e. The number of hydrogen-bond donors (Lipinski definition) is 0. The first-order valence-electron chi connectivity index (χ1n) is 6.39. The lowest BCUT2D eigenvalue weighted by Crippen LogP contribution is -2.22. The fourth-order valence-electron chi connectivity index (χ4n) is 2.11. The topological polar surface area (TPSA) is 9.23 Å². The van der Waals surface area contributed by atoms with E-state index in [9.17, 15) is 0 Å². The van der Waals surface area contributed by atoms with E-state index in [1.165, 1.54) is 6.42 Å². The molecule has 0 bridgehead atoms. The van der Waals surface area contributed by atoms with E-state index in [1.807, 2.05) is 0 Å². The summed E-state index contributed by atoms with van der Waals surface area (Å²) in [7, 11) is -1.39. The predicted molar refractivity (Wildman–Crippen MR) is 76.8 cm³/mol. The quantitative estimate of drug-likeness (QED) is 0.344. The zero-order valence-electron chi connectivity index (χ0n) is 11.9. The van der Waals surface area contributed by atoms with Crippen molar-refractivity contribution in [3.8, 4) is 0 Å². The Morgan fingerprint density at radius 2 is 1.81 bits per heavy atom. The van der Waals surface area contributed by atoms with Gasteiger partial charge in [-0.3, -0.25) is 0 Å². The maximum atomic E-state index is 6.25. The third-order valence-electron chi connectivity index (χ3n) is 2.51. The van der Waals surface area contributed by atoms with E-state index < -0.39 is 7.38 Å². The van der Waals surface area contributed by atoms with E-state index in [-0.39, 0.29) is 0 Å². The van der Waals surface area contributed by atoms with Gasteiger partial charge in [0, 0.05) is 6.61 Å². The minimum absolute atomic E-state index is 0.308. The molecule has 0 radical (unpaired) electrons. The Hall–Kier alpha value is 0.467. The zero-order valence-corrected chi connectivity index (χ0v) is 13.7. The van der Waals surface area contributed by atoms with Crippen LogP contribution in [0.2, 0.25) is 19.1 Å². The van der Waals surface area contributed by atoms with Gasteiger partial charge >= 0.3 is 0 Å². The lowest BCUT2D eigenvalue weighted by atomic mass is 9.85. The SMILES string of the molecule is CC(C)CC(C)(C)COCCC[Si](C)(C)Cl. The minimum atomic E-state index is -1.39. The number of halogens is 1. The molecule has 0 aliphatic rings. The molecule has 0 spiro atoms. The molecule has 0 N–H and O–H groups in total. The highest BCUT2D eigenvalue weighted by atomic mass is 35.6. The van der Waals surface area contributed by atoms with Gasteiger partial charge in [-0.2, -0.15) is 11.1 Å². The van der Waals surface area contributed by atoms with Crippen molar-refractivity contribution in [3.05, 3.63) is 0 Å². The van der Waals surface area contributed by atoms with E-state index >= 15 is 0 Å². The number of hydrogen-bond acceptors (Lipinski definition) is 1. The first-order valence-corrected chi connectivity index (χ1v) is 10.6. The Morgan fingerprint density at radius 1 is 1.25 bits per heavy atom. The molecule has 0 unspecified atom stereocenters. The van der Waals surface area contributed by atoms with Crippen molar-refractivity contribution in [1.82, 2.24) is 0 Å². The van der Waals surface area contributed by atoms with Gasteiger partial charge in [-0.15, -0.1) is 0 Å². The van der Waals surface area contributed by atoms with Crippen molar-refractivity contribution < 1.29 is 4.74 Å². The third kappa shape index (κ3) is 11.0. The third-order valence-corrected chi connectivity index (χ3v) is 4.62. The predicted octanol–water partition coefficient (Wildman–Crippen LogP) is 4.91. The Labute approximate surface area is 108 Å². The van der Waals surface area contributed by atoms with Crippen molar-refractivity contribution >= 4 is 18.5 Å². The maximum Gasteiger partial charge on any atom is 0.150 e. The second-order valence-electron chi connectivity index (χ2n) is 6.64. The lowest BCUT2D eigenvalue weighted by Gasteiger charge is -2.26. The van der Waals surface area contributed by atoms with Crippen LogP contribution in [-0.4, -0.2) is 20.6 Å². The highest BCUT2D eigenvalue weighted by Gasteiger charge is 2.20. The summed E-state index contributed by atoms with van der Waals surface area (Å²) in [5.41, 5.74) is 0.308. The van der Waals surface area contributed by atoms with Gasteiger partial charge in [-0.1, -0.05) is 40.8 Å². The average molecular weight is 265 g/mol. The van der Waals surface area contributed by atoms with Crippen molar-refractivity contribution in [2.75, 3.05) is 13.2 Å². The van der Waals surface area contributed by atoms with Crippen LogP contribution in [0.25, 0.3) is 0 Å². The molecule has 0 aromatic heterocycles. The van der Waals surface area contributed by atoms with Crippen LogP contribution in [0.1, 0.15) is 40.5 Å². The molecule has 98 valence electrons. The summed E-state index contributed by atoms with van der Waals surface area (Å²) in [5.74, 6) is 0.743. The fraction of sp³-hybridized carbons (Fsp3) is 1.00. The van der Waals surface area contributed by atoms with Crippen LogP contribution in [0.15, 0.2) is 0 Å². The Balaban J connectivity index is 3.58. The summed E-state index contributed by atoms with van der Waals surface area (Å²) in [6.07, 6.45) is 2.34. The first kappa shape index (κ1) is 16.5. The van der Waals surface area contributed by atoms with Gasteiger partial charge in [0.25, 0.3) is 0 Å². The summed E-state index contributed by atoms with van der Waals surface area (Å²) in [5, 5.41) is 0. The molecule has 0 amide bonds. The molecule has 3 heteroatoms. The minimum Gasteiger partial charge on any atom is -0.381 e. The molecule has 0 aliphatic heterocycles. The van der Waals surface area contributed by atoms with Gasteiger partial charge in [-0.25, -0.2) is 0 Å². The van der Waals surface area contributed by atoms with Crippen LogP contribution < -0.4 is 0 Å². The van der Waals surface area contributed by atoms with E-state index in [2.05, 4.69) is 40.8 Å². The second kappa shape index (κ2) is 7.02. The molecule has 0 rings (SSSR count). The van der Waals surface area contributed by atoms with Gasteiger partial charge in [0.15, 0.2) is 7.38 Å². The molecule has 0 heterocycles. The standard InChI is InChI=1S/C13H29ClOSi/c1-12(2)10-13(3,4)11-15-8-7-9-16(5,6)14/h12H,7-11H2,1-6H3. The highest BCUT2D eigenvalue weighted by Crippen LogP contribution is 2.25. The summed E-state index contributed by atoms with van der Waals surface area (Å²) in [6.45, 7) is 15.2. The van der Waals surface area contributed by atoms with Crippen molar-refractivity contribution in [1.29, 1.82) is 0 Å². The van der Waals surface area contributed by atoms with Crippen LogP contribution in [0.5, 0.6) is 0 Å². The Bertz CT molecular complexity index is 185. The van der Waals surface area contributed by atoms with E-state index in [0.29, 0.717) is 5.41 Å². The summed E-state index contributed by atoms with van der Waals surface area (Å²) in [6, 6.07) is 1.15. The van der Waals surface area contributed by atoms with E-state index in [0.717, 1.165) is 31.6 Å². The second-order valence-corrected chi connectivity index (χ2v) is 13.6. The van der Waals surface area contributed by atoms with Crippen molar-refractivity contribution in [3.63, 3.8) is 0 Å². The summed E-state index contributed by atoms with van der Waals surface area (Å²) in [4.78, 5) is 0. The van der Waals surface area contributed by atoms with Crippen LogP contribution in [0.3, 0.4) is 0 Å². The fourth-order valence-corrected chi connectivity index (χ4v) is 3.49. The molecular weight excluding hydrogens is 236 g/mol. The monoisotopic (exact) mass is 264 g/mol. The molecule has 0 aliphatic carbocycles. The molecule has 0 aromatic rings. The Morgan fingerprint density at radius 3 is 2.25 bits per heavy atom. The van der Waals surface area contributed by atoms with Gasteiger partial charge in [-0.05, 0) is 30.2 Å². The van der Waals surface area contributed by atoms with Crippen LogP contribution >= 0.6 is 11.1 Å². The molecule has 0 atom stereocenters. The number of rotatable bonds is 8. The summed E-state index contributed by atoms with van der Waals surface area (Å²) < 4.78 is 5.76. The van der Waals surface area contributed by atoms with Crippen LogP contribution in [-0.2, 0) is 4.74 Å². The molecule has 0 aromatic carbocycles. The maximum absolute atomic E-state index is 6.25. The Kier molecular flexibility index (Phi) is 7.23. The average Bonchev–Trinajstić information content (AvgIpc) is 1.98.